The first kappa shape index (κ1) is 13.6. The van der Waals surface area contributed by atoms with Crippen LogP contribution in [0, 0.1) is 6.92 Å². The molecule has 2 aromatic carbocycles. The van der Waals surface area contributed by atoms with E-state index in [1.54, 1.807) is 0 Å². The maximum Gasteiger partial charge on any atom is 0.122 e. The minimum Gasteiger partial charge on any atom is -0.493 e. The van der Waals surface area contributed by atoms with Gasteiger partial charge in [-0.3, -0.25) is 0 Å². The van der Waals surface area contributed by atoms with E-state index in [4.69, 9.17) is 4.74 Å². The summed E-state index contributed by atoms with van der Waals surface area (Å²) in [6, 6.07) is 16.2. The van der Waals surface area contributed by atoms with Gasteiger partial charge in [0.05, 0.1) is 12.1 Å². The number of ether oxygens (including phenoxy) is 1. The van der Waals surface area contributed by atoms with Crippen LogP contribution in [-0.2, 0) is 6.54 Å². The lowest BCUT2D eigenvalue weighted by Gasteiger charge is -2.08. The molecule has 0 aliphatic carbocycles. The zero-order valence-electron chi connectivity index (χ0n) is 12.2. The Hall–Kier alpha value is -2.36. The summed E-state index contributed by atoms with van der Waals surface area (Å²) in [6.07, 6.45) is 2.03. The smallest absolute Gasteiger partial charge is 0.122 e. The van der Waals surface area contributed by atoms with Gasteiger partial charge in [0, 0.05) is 6.54 Å². The molecule has 0 spiro atoms. The van der Waals surface area contributed by atoms with Crippen molar-refractivity contribution in [1.82, 2.24) is 15.0 Å². The average molecular weight is 281 g/mol. The van der Waals surface area contributed by atoms with Gasteiger partial charge in [0.2, 0.25) is 0 Å². The third-order valence-electron chi connectivity index (χ3n) is 3.54. The van der Waals surface area contributed by atoms with E-state index in [0.717, 1.165) is 42.8 Å². The third kappa shape index (κ3) is 3.21. The van der Waals surface area contributed by atoms with Crippen molar-refractivity contribution in [2.75, 3.05) is 6.61 Å². The van der Waals surface area contributed by atoms with Gasteiger partial charge >= 0.3 is 0 Å². The largest absolute Gasteiger partial charge is 0.493 e. The number of hydrogen-bond donors (Lipinski definition) is 0. The lowest BCUT2D eigenvalue weighted by molar-refractivity contribution is 0.300. The molecule has 0 aliphatic heterocycles. The summed E-state index contributed by atoms with van der Waals surface area (Å²) in [6.45, 7) is 3.67. The highest BCUT2D eigenvalue weighted by molar-refractivity contribution is 5.73. The summed E-state index contributed by atoms with van der Waals surface area (Å²) >= 11 is 0. The van der Waals surface area contributed by atoms with E-state index < -0.39 is 0 Å². The first-order valence-corrected chi connectivity index (χ1v) is 7.31. The number of hydrogen-bond acceptors (Lipinski definition) is 3. The van der Waals surface area contributed by atoms with Crippen molar-refractivity contribution >= 4 is 11.0 Å². The molecule has 1 heterocycles. The summed E-state index contributed by atoms with van der Waals surface area (Å²) in [4.78, 5) is 0. The van der Waals surface area contributed by atoms with E-state index >= 15 is 0 Å². The second-order valence-electron chi connectivity index (χ2n) is 5.12. The van der Waals surface area contributed by atoms with Crippen LogP contribution in [0.1, 0.15) is 18.4 Å². The molecule has 21 heavy (non-hydrogen) atoms. The van der Waals surface area contributed by atoms with Crippen molar-refractivity contribution in [1.29, 1.82) is 0 Å². The van der Waals surface area contributed by atoms with Gasteiger partial charge in [-0.2, -0.15) is 0 Å². The van der Waals surface area contributed by atoms with Crippen molar-refractivity contribution in [2.24, 2.45) is 0 Å². The van der Waals surface area contributed by atoms with Gasteiger partial charge in [0.15, 0.2) is 0 Å². The second kappa shape index (κ2) is 6.39. The van der Waals surface area contributed by atoms with Crippen LogP contribution in [0.4, 0.5) is 0 Å². The zero-order chi connectivity index (χ0) is 14.5. The van der Waals surface area contributed by atoms with Crippen molar-refractivity contribution in [3.63, 3.8) is 0 Å². The number of nitrogens with zero attached hydrogens (tertiary/aromatic N) is 3. The molecule has 0 saturated carbocycles. The first-order valence-electron chi connectivity index (χ1n) is 7.31. The molecule has 1 aromatic heterocycles. The number of aromatic nitrogens is 3. The Kier molecular flexibility index (Phi) is 4.15. The predicted molar refractivity (Wildman–Crippen MR) is 83.4 cm³/mol. The fourth-order valence-electron chi connectivity index (χ4n) is 2.35. The number of unbranched alkanes of at least 4 members (excludes halogenated alkanes) is 1. The Labute approximate surface area is 124 Å². The summed E-state index contributed by atoms with van der Waals surface area (Å²) in [5.74, 6) is 0.976. The highest BCUT2D eigenvalue weighted by Gasteiger charge is 2.03. The highest BCUT2D eigenvalue weighted by Crippen LogP contribution is 2.16. The Morgan fingerprint density at radius 3 is 2.71 bits per heavy atom. The van der Waals surface area contributed by atoms with Gasteiger partial charge in [-0.05, 0) is 43.5 Å². The Balaban J connectivity index is 1.47. The topological polar surface area (TPSA) is 39.9 Å². The monoisotopic (exact) mass is 281 g/mol. The molecule has 108 valence electrons. The summed E-state index contributed by atoms with van der Waals surface area (Å²) in [5, 5.41) is 8.35. The number of para-hydroxylation sites is 2. The number of benzene rings is 2. The van der Waals surface area contributed by atoms with Crippen LogP contribution < -0.4 is 4.74 Å². The molecule has 0 fully saturated rings. The molecule has 3 rings (SSSR count). The van der Waals surface area contributed by atoms with Crippen LogP contribution in [0.25, 0.3) is 11.0 Å². The van der Waals surface area contributed by atoms with E-state index in [0.29, 0.717) is 0 Å². The highest BCUT2D eigenvalue weighted by atomic mass is 16.5. The van der Waals surface area contributed by atoms with Crippen molar-refractivity contribution in [3.8, 4) is 5.75 Å². The van der Waals surface area contributed by atoms with Gasteiger partial charge in [0.1, 0.15) is 11.3 Å². The van der Waals surface area contributed by atoms with Gasteiger partial charge < -0.3 is 4.74 Å². The van der Waals surface area contributed by atoms with Crippen LogP contribution in [0.2, 0.25) is 0 Å². The maximum atomic E-state index is 5.80. The Morgan fingerprint density at radius 1 is 1.00 bits per heavy atom. The summed E-state index contributed by atoms with van der Waals surface area (Å²) in [5.41, 5.74) is 3.23. The first-order chi connectivity index (χ1) is 10.3. The SMILES string of the molecule is Cc1ccccc1OCCCCn1nnc2ccccc21. The molecule has 0 aliphatic rings. The van der Waals surface area contributed by atoms with Gasteiger partial charge in [-0.25, -0.2) is 4.68 Å². The minimum absolute atomic E-state index is 0.734. The van der Waals surface area contributed by atoms with Crippen molar-refractivity contribution < 1.29 is 4.74 Å². The molecule has 0 amide bonds. The van der Waals surface area contributed by atoms with Crippen LogP contribution in [-0.4, -0.2) is 21.6 Å². The molecule has 0 unspecified atom stereocenters. The van der Waals surface area contributed by atoms with Gasteiger partial charge in [-0.15, -0.1) is 5.10 Å². The lowest BCUT2D eigenvalue weighted by atomic mass is 10.2. The van der Waals surface area contributed by atoms with Crippen LogP contribution in [0.15, 0.2) is 48.5 Å². The van der Waals surface area contributed by atoms with Crippen molar-refractivity contribution in [2.45, 2.75) is 26.3 Å². The van der Waals surface area contributed by atoms with Crippen LogP contribution in [0.5, 0.6) is 5.75 Å². The third-order valence-corrected chi connectivity index (χ3v) is 3.54. The molecule has 3 aromatic rings. The maximum absolute atomic E-state index is 5.80. The molecule has 0 radical (unpaired) electrons. The molecule has 0 bridgehead atoms. The standard InChI is InChI=1S/C17H19N3O/c1-14-8-2-5-11-17(14)21-13-7-6-12-20-16-10-4-3-9-15(16)18-19-20/h2-5,8-11H,6-7,12-13H2,1H3. The number of fused-ring (bicyclic) bond motifs is 1. The number of aryl methyl sites for hydroxylation is 2. The van der Waals surface area contributed by atoms with E-state index in [1.807, 2.05) is 41.1 Å². The fourth-order valence-corrected chi connectivity index (χ4v) is 2.35. The lowest BCUT2D eigenvalue weighted by Crippen LogP contribution is -2.04. The zero-order valence-corrected chi connectivity index (χ0v) is 12.2. The summed E-state index contributed by atoms with van der Waals surface area (Å²) < 4.78 is 7.76. The fraction of sp³-hybridized carbons (Fsp3) is 0.294. The Morgan fingerprint density at radius 2 is 1.81 bits per heavy atom. The molecular weight excluding hydrogens is 262 g/mol. The normalized spacial score (nSPS) is 10.9. The van der Waals surface area contributed by atoms with E-state index in [2.05, 4.69) is 29.4 Å². The molecule has 4 nitrogen and oxygen atoms in total. The van der Waals surface area contributed by atoms with E-state index in [-0.39, 0.29) is 0 Å². The van der Waals surface area contributed by atoms with Crippen molar-refractivity contribution in [3.05, 3.63) is 54.1 Å². The molecular formula is C17H19N3O. The van der Waals surface area contributed by atoms with Gasteiger partial charge in [-0.1, -0.05) is 35.5 Å². The Bertz CT molecular complexity index is 721. The molecule has 0 saturated heterocycles. The summed E-state index contributed by atoms with van der Waals surface area (Å²) in [7, 11) is 0. The van der Waals surface area contributed by atoms with Gasteiger partial charge in [0.25, 0.3) is 0 Å². The predicted octanol–water partition coefficient (Wildman–Crippen LogP) is 3.60. The second-order valence-corrected chi connectivity index (χ2v) is 5.12. The van der Waals surface area contributed by atoms with Crippen LogP contribution in [0.3, 0.4) is 0 Å². The molecule has 4 heteroatoms. The number of rotatable bonds is 6. The molecule has 0 atom stereocenters. The van der Waals surface area contributed by atoms with E-state index in [9.17, 15) is 0 Å². The average Bonchev–Trinajstić information content (AvgIpc) is 2.92. The quantitative estimate of drug-likeness (QED) is 0.648. The van der Waals surface area contributed by atoms with Crippen LogP contribution >= 0.6 is 0 Å². The molecule has 0 N–H and O–H groups in total. The van der Waals surface area contributed by atoms with E-state index in [1.165, 1.54) is 5.56 Å². The minimum atomic E-state index is 0.734.